The Hall–Kier alpha value is -2.23. The van der Waals surface area contributed by atoms with Crippen LogP contribution in [0.3, 0.4) is 0 Å². The minimum absolute atomic E-state index is 0.193. The van der Waals surface area contributed by atoms with E-state index >= 15 is 0 Å². The zero-order valence-corrected chi connectivity index (χ0v) is 12.4. The first-order chi connectivity index (χ1) is 10.3. The Morgan fingerprint density at radius 2 is 2.14 bits per heavy atom. The van der Waals surface area contributed by atoms with Crippen LogP contribution in [0, 0.1) is 5.92 Å². The molecule has 0 fully saturated rings. The number of ether oxygens (including phenoxy) is 2. The van der Waals surface area contributed by atoms with Crippen molar-refractivity contribution in [2.75, 3.05) is 18.5 Å². The van der Waals surface area contributed by atoms with E-state index in [1.165, 1.54) is 5.56 Å². The molecule has 1 aromatic heterocycles. The zero-order chi connectivity index (χ0) is 14.7. The number of anilines is 1. The van der Waals surface area contributed by atoms with Crippen molar-refractivity contribution in [2.24, 2.45) is 5.92 Å². The molecule has 0 aliphatic carbocycles. The molecule has 3 rings (SSSR count). The van der Waals surface area contributed by atoms with E-state index in [1.54, 1.807) is 6.20 Å². The molecule has 2 unspecified atom stereocenters. The first-order valence-electron chi connectivity index (χ1n) is 7.35. The summed E-state index contributed by atoms with van der Waals surface area (Å²) in [6.07, 6.45) is 1.75. The van der Waals surface area contributed by atoms with Gasteiger partial charge in [-0.3, -0.25) is 0 Å². The Morgan fingerprint density at radius 3 is 3.00 bits per heavy atom. The van der Waals surface area contributed by atoms with Gasteiger partial charge in [-0.1, -0.05) is 25.1 Å². The molecule has 4 nitrogen and oxygen atoms in total. The largest absolute Gasteiger partial charge is 0.493 e. The molecule has 1 aromatic carbocycles. The number of fused-ring (bicyclic) bond motifs is 1. The van der Waals surface area contributed by atoms with Gasteiger partial charge in [-0.25, -0.2) is 4.98 Å². The van der Waals surface area contributed by atoms with Crippen LogP contribution in [0.5, 0.6) is 11.6 Å². The molecule has 21 heavy (non-hydrogen) atoms. The molecule has 1 aliphatic heterocycles. The number of hydrogen-bond donors (Lipinski definition) is 1. The summed E-state index contributed by atoms with van der Waals surface area (Å²) in [6, 6.07) is 12.3. The SMILES string of the molecule is CCOc1ncccc1NC1c2ccccc2OCC1C. The van der Waals surface area contributed by atoms with E-state index < -0.39 is 0 Å². The molecule has 0 amide bonds. The van der Waals surface area contributed by atoms with Crippen molar-refractivity contribution in [3.63, 3.8) is 0 Å². The van der Waals surface area contributed by atoms with Crippen molar-refractivity contribution < 1.29 is 9.47 Å². The molecular formula is C17H20N2O2. The molecule has 1 aliphatic rings. The fraction of sp³-hybridized carbons (Fsp3) is 0.353. The van der Waals surface area contributed by atoms with Crippen LogP contribution in [0.2, 0.25) is 0 Å². The molecule has 2 atom stereocenters. The number of nitrogens with zero attached hydrogens (tertiary/aromatic N) is 1. The Morgan fingerprint density at radius 1 is 1.29 bits per heavy atom. The number of nitrogens with one attached hydrogen (secondary N) is 1. The normalized spacial score (nSPS) is 20.3. The number of aromatic nitrogens is 1. The molecule has 2 heterocycles. The van der Waals surface area contributed by atoms with Crippen molar-refractivity contribution in [3.05, 3.63) is 48.2 Å². The molecule has 0 bridgehead atoms. The maximum Gasteiger partial charge on any atom is 0.237 e. The number of hydrogen-bond acceptors (Lipinski definition) is 4. The highest BCUT2D eigenvalue weighted by Gasteiger charge is 2.28. The molecule has 0 saturated heterocycles. The Balaban J connectivity index is 1.91. The minimum Gasteiger partial charge on any atom is -0.493 e. The van der Waals surface area contributed by atoms with E-state index in [0.29, 0.717) is 25.0 Å². The van der Waals surface area contributed by atoms with Crippen LogP contribution in [0.25, 0.3) is 0 Å². The predicted octanol–water partition coefficient (Wildman–Crippen LogP) is 3.66. The standard InChI is InChI=1S/C17H20N2O2/c1-3-20-17-14(8-6-10-18-17)19-16-12(2)11-21-15-9-5-4-7-13(15)16/h4-10,12,16,19H,3,11H2,1-2H3. The lowest BCUT2D eigenvalue weighted by Gasteiger charge is -2.33. The quantitative estimate of drug-likeness (QED) is 0.930. The Labute approximate surface area is 125 Å². The first-order valence-corrected chi connectivity index (χ1v) is 7.35. The van der Waals surface area contributed by atoms with Gasteiger partial charge in [-0.2, -0.15) is 0 Å². The monoisotopic (exact) mass is 284 g/mol. The van der Waals surface area contributed by atoms with Gasteiger partial charge in [0.2, 0.25) is 5.88 Å². The van der Waals surface area contributed by atoms with Gasteiger partial charge in [-0.15, -0.1) is 0 Å². The molecule has 110 valence electrons. The van der Waals surface area contributed by atoms with Crippen LogP contribution in [0.15, 0.2) is 42.6 Å². The molecular weight excluding hydrogens is 264 g/mol. The predicted molar refractivity (Wildman–Crippen MR) is 82.9 cm³/mol. The summed E-state index contributed by atoms with van der Waals surface area (Å²) in [5, 5.41) is 3.57. The average Bonchev–Trinajstić information content (AvgIpc) is 2.52. The number of pyridine rings is 1. The van der Waals surface area contributed by atoms with Gasteiger partial charge in [0.1, 0.15) is 5.75 Å². The molecule has 1 N–H and O–H groups in total. The van der Waals surface area contributed by atoms with E-state index in [2.05, 4.69) is 23.3 Å². The van der Waals surface area contributed by atoms with E-state index in [9.17, 15) is 0 Å². The molecule has 2 aromatic rings. The third kappa shape index (κ3) is 2.79. The second kappa shape index (κ2) is 6.04. The Bertz CT molecular complexity index is 615. The van der Waals surface area contributed by atoms with Crippen LogP contribution in [-0.2, 0) is 0 Å². The van der Waals surface area contributed by atoms with Gasteiger partial charge < -0.3 is 14.8 Å². The van der Waals surface area contributed by atoms with E-state index in [1.807, 2.05) is 37.3 Å². The molecule has 0 saturated carbocycles. The van der Waals surface area contributed by atoms with E-state index in [-0.39, 0.29) is 6.04 Å². The first kappa shape index (κ1) is 13.7. The van der Waals surface area contributed by atoms with Crippen molar-refractivity contribution in [1.29, 1.82) is 0 Å². The van der Waals surface area contributed by atoms with E-state index in [4.69, 9.17) is 9.47 Å². The highest BCUT2D eigenvalue weighted by molar-refractivity contribution is 5.55. The van der Waals surface area contributed by atoms with Crippen LogP contribution in [0.4, 0.5) is 5.69 Å². The minimum atomic E-state index is 0.193. The van der Waals surface area contributed by atoms with E-state index in [0.717, 1.165) is 11.4 Å². The summed E-state index contributed by atoms with van der Waals surface area (Å²) in [6.45, 7) is 5.46. The van der Waals surface area contributed by atoms with Crippen LogP contribution in [0.1, 0.15) is 25.5 Å². The number of para-hydroxylation sites is 1. The van der Waals surface area contributed by atoms with Gasteiger partial charge in [0, 0.05) is 17.7 Å². The van der Waals surface area contributed by atoms with Crippen molar-refractivity contribution in [3.8, 4) is 11.6 Å². The molecule has 0 spiro atoms. The number of benzene rings is 1. The fourth-order valence-corrected chi connectivity index (χ4v) is 2.63. The number of rotatable bonds is 4. The maximum atomic E-state index is 5.79. The van der Waals surface area contributed by atoms with Gasteiger partial charge >= 0.3 is 0 Å². The summed E-state index contributed by atoms with van der Waals surface area (Å²) >= 11 is 0. The van der Waals surface area contributed by atoms with Gasteiger partial charge in [0.25, 0.3) is 0 Å². The second-order valence-corrected chi connectivity index (χ2v) is 5.24. The smallest absolute Gasteiger partial charge is 0.237 e. The van der Waals surface area contributed by atoms with Gasteiger partial charge in [-0.05, 0) is 25.1 Å². The molecule has 4 heteroatoms. The van der Waals surface area contributed by atoms with Crippen molar-refractivity contribution >= 4 is 5.69 Å². The fourth-order valence-electron chi connectivity index (χ4n) is 2.63. The maximum absolute atomic E-state index is 5.79. The Kier molecular flexibility index (Phi) is 3.95. The third-order valence-electron chi connectivity index (χ3n) is 3.69. The second-order valence-electron chi connectivity index (χ2n) is 5.24. The van der Waals surface area contributed by atoms with Crippen LogP contribution < -0.4 is 14.8 Å². The summed E-state index contributed by atoms with van der Waals surface area (Å²) in [7, 11) is 0. The third-order valence-corrected chi connectivity index (χ3v) is 3.69. The van der Waals surface area contributed by atoms with Crippen LogP contribution in [-0.4, -0.2) is 18.2 Å². The molecule has 0 radical (unpaired) electrons. The summed E-state index contributed by atoms with van der Waals surface area (Å²) in [5.41, 5.74) is 2.11. The highest BCUT2D eigenvalue weighted by Crippen LogP contribution is 2.38. The van der Waals surface area contributed by atoms with Crippen LogP contribution >= 0.6 is 0 Å². The zero-order valence-electron chi connectivity index (χ0n) is 12.4. The summed E-state index contributed by atoms with van der Waals surface area (Å²) in [5.74, 6) is 1.97. The van der Waals surface area contributed by atoms with Crippen molar-refractivity contribution in [1.82, 2.24) is 4.98 Å². The van der Waals surface area contributed by atoms with Crippen molar-refractivity contribution in [2.45, 2.75) is 19.9 Å². The topological polar surface area (TPSA) is 43.4 Å². The average molecular weight is 284 g/mol. The highest BCUT2D eigenvalue weighted by atomic mass is 16.5. The van der Waals surface area contributed by atoms with Gasteiger partial charge in [0.05, 0.1) is 24.9 Å². The van der Waals surface area contributed by atoms with Gasteiger partial charge in [0.15, 0.2) is 0 Å². The summed E-state index contributed by atoms with van der Waals surface area (Å²) in [4.78, 5) is 4.30. The lowest BCUT2D eigenvalue weighted by molar-refractivity contribution is 0.214. The summed E-state index contributed by atoms with van der Waals surface area (Å²) < 4.78 is 11.4. The lowest BCUT2D eigenvalue weighted by atomic mass is 9.92. The lowest BCUT2D eigenvalue weighted by Crippen LogP contribution is -2.29.